The summed E-state index contributed by atoms with van der Waals surface area (Å²) >= 11 is 3.53. The van der Waals surface area contributed by atoms with Crippen LogP contribution in [0.3, 0.4) is 0 Å². The fourth-order valence-electron chi connectivity index (χ4n) is 2.41. The first-order valence-electron chi connectivity index (χ1n) is 6.29. The van der Waals surface area contributed by atoms with Gasteiger partial charge in [-0.2, -0.15) is 0 Å². The highest BCUT2D eigenvalue weighted by Crippen LogP contribution is 2.30. The third kappa shape index (κ3) is 3.19. The van der Waals surface area contributed by atoms with Gasteiger partial charge in [-0.1, -0.05) is 5.16 Å². The minimum absolute atomic E-state index is 0.0964. The zero-order valence-electron chi connectivity index (χ0n) is 10.6. The molecule has 2 rings (SSSR count). The van der Waals surface area contributed by atoms with Crippen LogP contribution in [0.5, 0.6) is 0 Å². The van der Waals surface area contributed by atoms with Gasteiger partial charge in [-0.05, 0) is 52.9 Å². The van der Waals surface area contributed by atoms with E-state index >= 15 is 0 Å². The fourth-order valence-corrected chi connectivity index (χ4v) is 3.04. The second-order valence-electron chi connectivity index (χ2n) is 4.79. The molecule has 1 unspecified atom stereocenters. The van der Waals surface area contributed by atoms with Crippen LogP contribution in [0, 0.1) is 5.92 Å². The zero-order chi connectivity index (χ0) is 13.8. The van der Waals surface area contributed by atoms with Gasteiger partial charge in [-0.15, -0.1) is 0 Å². The first-order valence-corrected chi connectivity index (χ1v) is 7.08. The number of nitrogens with two attached hydrogens (primary N) is 1. The first kappa shape index (κ1) is 14.1. The molecule has 0 radical (unpaired) electrons. The van der Waals surface area contributed by atoms with Gasteiger partial charge in [-0.3, -0.25) is 0 Å². The summed E-state index contributed by atoms with van der Waals surface area (Å²) in [4.78, 5) is 2.25. The summed E-state index contributed by atoms with van der Waals surface area (Å²) in [5.74, 6) is 0.434. The van der Waals surface area contributed by atoms with Crippen LogP contribution in [0.2, 0.25) is 0 Å². The second kappa shape index (κ2) is 6.25. The summed E-state index contributed by atoms with van der Waals surface area (Å²) in [5.41, 5.74) is 7.32. The molecule has 104 valence electrons. The lowest BCUT2D eigenvalue weighted by Gasteiger charge is -2.34. The molecule has 1 aliphatic rings. The Morgan fingerprint density at radius 3 is 2.95 bits per heavy atom. The topological polar surface area (TPSA) is 82.1 Å². The maximum atomic E-state index is 9.28. The van der Waals surface area contributed by atoms with E-state index in [4.69, 9.17) is 10.9 Å². The Labute approximate surface area is 120 Å². The summed E-state index contributed by atoms with van der Waals surface area (Å²) in [6.07, 6.45) is 2.16. The van der Waals surface area contributed by atoms with Crippen LogP contribution in [-0.4, -0.2) is 35.8 Å². The van der Waals surface area contributed by atoms with Gasteiger partial charge in [0.25, 0.3) is 0 Å². The highest BCUT2D eigenvalue weighted by Gasteiger charge is 2.21. The van der Waals surface area contributed by atoms with Crippen LogP contribution in [0.25, 0.3) is 0 Å². The van der Waals surface area contributed by atoms with Crippen molar-refractivity contribution in [1.82, 2.24) is 0 Å². The van der Waals surface area contributed by atoms with Gasteiger partial charge in [0.05, 0.1) is 5.69 Å². The van der Waals surface area contributed by atoms with Gasteiger partial charge in [0.15, 0.2) is 5.84 Å². The van der Waals surface area contributed by atoms with E-state index in [2.05, 4.69) is 26.0 Å². The lowest BCUT2D eigenvalue weighted by molar-refractivity contribution is 0.208. The predicted octanol–water partition coefficient (Wildman–Crippen LogP) is 1.75. The van der Waals surface area contributed by atoms with Gasteiger partial charge in [0.2, 0.25) is 0 Å². The number of aliphatic hydroxyl groups excluding tert-OH is 1. The third-order valence-electron chi connectivity index (χ3n) is 3.47. The molecule has 4 N–H and O–H groups in total. The van der Waals surface area contributed by atoms with Crippen LogP contribution in [0.15, 0.2) is 27.8 Å². The van der Waals surface area contributed by atoms with Crippen LogP contribution in [0.4, 0.5) is 5.69 Å². The van der Waals surface area contributed by atoms with Crippen molar-refractivity contribution < 1.29 is 10.3 Å². The van der Waals surface area contributed by atoms with E-state index in [9.17, 15) is 5.11 Å². The molecule has 19 heavy (non-hydrogen) atoms. The monoisotopic (exact) mass is 327 g/mol. The van der Waals surface area contributed by atoms with E-state index in [-0.39, 0.29) is 12.4 Å². The molecule has 1 saturated heterocycles. The van der Waals surface area contributed by atoms with Crippen LogP contribution < -0.4 is 10.6 Å². The molecule has 0 bridgehead atoms. The van der Waals surface area contributed by atoms with E-state index < -0.39 is 0 Å². The smallest absolute Gasteiger partial charge is 0.170 e. The molecular weight excluding hydrogens is 310 g/mol. The number of piperidine rings is 1. The van der Waals surface area contributed by atoms with Crippen molar-refractivity contribution in [3.05, 3.63) is 28.2 Å². The number of amidine groups is 1. The molecule has 0 spiro atoms. The van der Waals surface area contributed by atoms with E-state index in [1.807, 2.05) is 18.2 Å². The number of benzene rings is 1. The molecule has 1 aromatic carbocycles. The SMILES string of the molecule is N/C(=N/O)c1ccc(N2CCCC(CO)C2)c(Br)c1. The van der Waals surface area contributed by atoms with Gasteiger partial charge in [-0.25, -0.2) is 0 Å². The van der Waals surface area contributed by atoms with Crippen molar-refractivity contribution in [1.29, 1.82) is 0 Å². The molecule has 6 heteroatoms. The molecule has 0 amide bonds. The summed E-state index contributed by atoms with van der Waals surface area (Å²) in [5, 5.41) is 20.9. The molecule has 1 aromatic rings. The van der Waals surface area contributed by atoms with Crippen LogP contribution >= 0.6 is 15.9 Å². The lowest BCUT2D eigenvalue weighted by atomic mass is 9.98. The summed E-state index contributed by atoms with van der Waals surface area (Å²) in [6.45, 7) is 2.08. The quantitative estimate of drug-likeness (QED) is 0.342. The Kier molecular flexibility index (Phi) is 4.66. The summed E-state index contributed by atoms with van der Waals surface area (Å²) in [6, 6.07) is 5.63. The van der Waals surface area contributed by atoms with E-state index in [1.54, 1.807) is 0 Å². The molecule has 0 aliphatic carbocycles. The molecule has 0 aromatic heterocycles. The maximum Gasteiger partial charge on any atom is 0.170 e. The molecule has 1 fully saturated rings. The molecule has 1 aliphatic heterocycles. The van der Waals surface area contributed by atoms with Gasteiger partial charge in [0.1, 0.15) is 0 Å². The Morgan fingerprint density at radius 1 is 1.53 bits per heavy atom. The van der Waals surface area contributed by atoms with Crippen LogP contribution in [-0.2, 0) is 0 Å². The van der Waals surface area contributed by atoms with Crippen molar-refractivity contribution in [3.63, 3.8) is 0 Å². The van der Waals surface area contributed by atoms with Gasteiger partial charge >= 0.3 is 0 Å². The van der Waals surface area contributed by atoms with Crippen molar-refractivity contribution in [2.45, 2.75) is 12.8 Å². The van der Waals surface area contributed by atoms with Crippen LogP contribution in [0.1, 0.15) is 18.4 Å². The molecule has 1 heterocycles. The van der Waals surface area contributed by atoms with Gasteiger partial charge in [0, 0.05) is 29.7 Å². The Bertz CT molecular complexity index is 479. The highest BCUT2D eigenvalue weighted by atomic mass is 79.9. The third-order valence-corrected chi connectivity index (χ3v) is 4.10. The van der Waals surface area contributed by atoms with Crippen molar-refractivity contribution in [2.24, 2.45) is 16.8 Å². The molecule has 1 atom stereocenters. The average molecular weight is 328 g/mol. The summed E-state index contributed by atoms with van der Waals surface area (Å²) in [7, 11) is 0. The van der Waals surface area contributed by atoms with Crippen molar-refractivity contribution in [3.8, 4) is 0 Å². The minimum atomic E-state index is 0.0964. The number of halogens is 1. The number of hydrogen-bond donors (Lipinski definition) is 3. The molecular formula is C13H18BrN3O2. The number of rotatable bonds is 3. The zero-order valence-corrected chi connectivity index (χ0v) is 12.2. The van der Waals surface area contributed by atoms with E-state index in [0.29, 0.717) is 11.5 Å². The van der Waals surface area contributed by atoms with Crippen molar-refractivity contribution >= 4 is 27.5 Å². The normalized spacial score (nSPS) is 20.6. The van der Waals surface area contributed by atoms with E-state index in [0.717, 1.165) is 36.1 Å². The standard InChI is InChI=1S/C13H18BrN3O2/c14-11-6-10(13(15)16-19)3-4-12(11)17-5-1-2-9(7-17)8-18/h3-4,6,9,18-19H,1-2,5,7-8H2,(H2,15,16). The fraction of sp³-hybridized carbons (Fsp3) is 0.462. The Morgan fingerprint density at radius 2 is 2.32 bits per heavy atom. The van der Waals surface area contributed by atoms with E-state index in [1.165, 1.54) is 0 Å². The van der Waals surface area contributed by atoms with Crippen molar-refractivity contribution in [2.75, 3.05) is 24.6 Å². The average Bonchev–Trinajstić information content (AvgIpc) is 2.46. The number of hydrogen-bond acceptors (Lipinski definition) is 4. The minimum Gasteiger partial charge on any atom is -0.409 e. The lowest BCUT2D eigenvalue weighted by Crippen LogP contribution is -2.37. The summed E-state index contributed by atoms with van der Waals surface area (Å²) < 4.78 is 0.912. The predicted molar refractivity (Wildman–Crippen MR) is 78.7 cm³/mol. The largest absolute Gasteiger partial charge is 0.409 e. The number of oxime groups is 1. The maximum absolute atomic E-state index is 9.28. The Balaban J connectivity index is 2.21. The molecule has 0 saturated carbocycles. The second-order valence-corrected chi connectivity index (χ2v) is 5.64. The Hall–Kier alpha value is -1.27. The highest BCUT2D eigenvalue weighted by molar-refractivity contribution is 9.10. The first-order chi connectivity index (χ1) is 9.15. The number of anilines is 1. The number of aliphatic hydroxyl groups is 1. The number of nitrogens with zero attached hydrogens (tertiary/aromatic N) is 2. The molecule has 5 nitrogen and oxygen atoms in total. The van der Waals surface area contributed by atoms with Gasteiger partial charge < -0.3 is 20.9 Å².